The number of rotatable bonds is 8. The number of furan rings is 1. The van der Waals surface area contributed by atoms with Gasteiger partial charge in [-0.05, 0) is 43.3 Å². The van der Waals surface area contributed by atoms with Crippen LogP contribution in [0.4, 0.5) is 15.8 Å². The van der Waals surface area contributed by atoms with Crippen LogP contribution < -0.4 is 10.1 Å². The van der Waals surface area contributed by atoms with E-state index in [-0.39, 0.29) is 29.6 Å². The Labute approximate surface area is 197 Å². The van der Waals surface area contributed by atoms with Crippen LogP contribution in [0.5, 0.6) is 5.75 Å². The van der Waals surface area contributed by atoms with Crippen molar-refractivity contribution >= 4 is 28.9 Å². The van der Waals surface area contributed by atoms with Crippen molar-refractivity contribution in [2.75, 3.05) is 5.32 Å². The molecule has 0 fully saturated rings. The number of nitrogens with one attached hydrogen (secondary N) is 1. The molecule has 0 spiro atoms. The second-order valence-electron chi connectivity index (χ2n) is 7.34. The summed E-state index contributed by atoms with van der Waals surface area (Å²) < 4.78 is 26.5. The molecule has 11 heteroatoms. The molecule has 174 valence electrons. The molecule has 0 saturated carbocycles. The number of nitrogens with zero attached hydrogens (tertiary/aromatic N) is 3. The number of benzene rings is 2. The maximum atomic E-state index is 14.0. The van der Waals surface area contributed by atoms with Crippen LogP contribution >= 0.6 is 11.6 Å². The molecular formula is C23H18ClFN4O5. The number of aryl methyl sites for hydroxylation is 1. The Bertz CT molecular complexity index is 1350. The van der Waals surface area contributed by atoms with Gasteiger partial charge in [0.15, 0.2) is 5.76 Å². The average Bonchev–Trinajstić information content (AvgIpc) is 3.44. The second-order valence-corrected chi connectivity index (χ2v) is 7.75. The van der Waals surface area contributed by atoms with E-state index in [1.54, 1.807) is 31.3 Å². The first kappa shape index (κ1) is 23.0. The third-order valence-electron chi connectivity index (χ3n) is 4.90. The largest absolute Gasteiger partial charge is 0.486 e. The highest BCUT2D eigenvalue weighted by Crippen LogP contribution is 2.24. The highest BCUT2D eigenvalue weighted by molar-refractivity contribution is 6.31. The first-order valence-corrected chi connectivity index (χ1v) is 10.4. The fourth-order valence-corrected chi connectivity index (χ4v) is 3.43. The highest BCUT2D eigenvalue weighted by Gasteiger charge is 2.15. The van der Waals surface area contributed by atoms with Crippen molar-refractivity contribution < 1.29 is 23.3 Å². The van der Waals surface area contributed by atoms with Crippen LogP contribution in [-0.4, -0.2) is 20.6 Å². The number of hydrogen-bond donors (Lipinski definition) is 1. The van der Waals surface area contributed by atoms with Gasteiger partial charge in [-0.3, -0.25) is 19.6 Å². The Morgan fingerprint density at radius 3 is 2.85 bits per heavy atom. The smallest absolute Gasteiger partial charge is 0.291 e. The van der Waals surface area contributed by atoms with Crippen LogP contribution in [0.1, 0.15) is 27.4 Å². The van der Waals surface area contributed by atoms with Crippen molar-refractivity contribution in [3.63, 3.8) is 0 Å². The molecule has 1 amide bonds. The topological polar surface area (TPSA) is 112 Å². The van der Waals surface area contributed by atoms with Gasteiger partial charge in [0.2, 0.25) is 0 Å². The monoisotopic (exact) mass is 484 g/mol. The minimum absolute atomic E-state index is 0.00429. The van der Waals surface area contributed by atoms with E-state index in [0.29, 0.717) is 28.3 Å². The summed E-state index contributed by atoms with van der Waals surface area (Å²) in [6.45, 7) is 1.75. The number of amides is 1. The van der Waals surface area contributed by atoms with Crippen molar-refractivity contribution in [1.29, 1.82) is 0 Å². The third kappa shape index (κ3) is 5.24. The third-order valence-corrected chi connectivity index (χ3v) is 5.26. The minimum Gasteiger partial charge on any atom is -0.486 e. The van der Waals surface area contributed by atoms with Crippen LogP contribution in [0.2, 0.25) is 5.02 Å². The number of anilines is 1. The molecule has 0 aliphatic heterocycles. The predicted molar refractivity (Wildman–Crippen MR) is 122 cm³/mol. The Morgan fingerprint density at radius 1 is 1.29 bits per heavy atom. The van der Waals surface area contributed by atoms with Gasteiger partial charge in [-0.1, -0.05) is 17.7 Å². The van der Waals surface area contributed by atoms with Crippen molar-refractivity contribution in [1.82, 2.24) is 9.78 Å². The molecule has 4 rings (SSSR count). The number of carbonyl (C=O) groups is 1. The molecule has 9 nitrogen and oxygen atoms in total. The van der Waals surface area contributed by atoms with E-state index in [0.717, 1.165) is 0 Å². The van der Waals surface area contributed by atoms with Crippen molar-refractivity contribution in [2.45, 2.75) is 20.1 Å². The van der Waals surface area contributed by atoms with E-state index in [9.17, 15) is 19.3 Å². The van der Waals surface area contributed by atoms with Gasteiger partial charge in [0.05, 0.1) is 23.4 Å². The number of ether oxygens (including phenoxy) is 1. The molecule has 0 atom stereocenters. The van der Waals surface area contributed by atoms with Gasteiger partial charge in [-0.25, -0.2) is 4.39 Å². The first-order chi connectivity index (χ1) is 16.3. The first-order valence-electron chi connectivity index (χ1n) is 10.0. The summed E-state index contributed by atoms with van der Waals surface area (Å²) in [5, 5.41) is 18.0. The summed E-state index contributed by atoms with van der Waals surface area (Å²) in [6, 6.07) is 11.9. The van der Waals surface area contributed by atoms with E-state index in [2.05, 4.69) is 10.4 Å². The maximum Gasteiger partial charge on any atom is 0.291 e. The maximum absolute atomic E-state index is 14.0. The minimum atomic E-state index is -0.499. The molecular weight excluding hydrogens is 467 g/mol. The van der Waals surface area contributed by atoms with E-state index in [4.69, 9.17) is 20.8 Å². The summed E-state index contributed by atoms with van der Waals surface area (Å²) in [4.78, 5) is 22.9. The molecule has 0 radical (unpaired) electrons. The van der Waals surface area contributed by atoms with Crippen LogP contribution in [0, 0.1) is 22.9 Å². The summed E-state index contributed by atoms with van der Waals surface area (Å²) in [6.07, 6.45) is 2.97. The zero-order chi connectivity index (χ0) is 24.2. The standard InChI is InChI=1S/C23H18ClFN4O5/c1-14-9-16(5-7-21(14)29(31)32)33-13-17-6-8-22(34-17)23(30)27-15-10-26-28(11-15)12-18-19(24)3-2-4-20(18)25/h2-11H,12-13H2,1H3,(H,27,30). The van der Waals surface area contributed by atoms with Crippen molar-refractivity contribution in [2.24, 2.45) is 0 Å². The number of aromatic nitrogens is 2. The fourth-order valence-electron chi connectivity index (χ4n) is 3.21. The lowest BCUT2D eigenvalue weighted by molar-refractivity contribution is -0.385. The van der Waals surface area contributed by atoms with Gasteiger partial charge in [-0.2, -0.15) is 5.10 Å². The van der Waals surface area contributed by atoms with Gasteiger partial charge in [0, 0.05) is 28.4 Å². The van der Waals surface area contributed by atoms with E-state index in [1.807, 2.05) is 0 Å². The molecule has 0 aliphatic carbocycles. The Hall–Kier alpha value is -4.18. The fraction of sp³-hybridized carbons (Fsp3) is 0.130. The lowest BCUT2D eigenvalue weighted by Crippen LogP contribution is -2.10. The highest BCUT2D eigenvalue weighted by atomic mass is 35.5. The number of carbonyl (C=O) groups excluding carboxylic acids is 1. The molecule has 2 aromatic carbocycles. The average molecular weight is 485 g/mol. The summed E-state index contributed by atoms with van der Waals surface area (Å²) >= 11 is 6.04. The zero-order valence-electron chi connectivity index (χ0n) is 17.8. The molecule has 2 aromatic heterocycles. The number of nitro groups is 1. The Kier molecular flexibility index (Phi) is 6.60. The number of halogens is 2. The summed E-state index contributed by atoms with van der Waals surface area (Å²) in [5.74, 6) is -0.0500. The number of nitro benzene ring substituents is 1. The van der Waals surface area contributed by atoms with Crippen LogP contribution in [0.25, 0.3) is 0 Å². The van der Waals surface area contributed by atoms with E-state index in [1.165, 1.54) is 41.2 Å². The van der Waals surface area contributed by atoms with E-state index >= 15 is 0 Å². The molecule has 34 heavy (non-hydrogen) atoms. The van der Waals surface area contributed by atoms with Gasteiger partial charge < -0.3 is 14.5 Å². The van der Waals surface area contributed by atoms with Gasteiger partial charge in [-0.15, -0.1) is 0 Å². The lowest BCUT2D eigenvalue weighted by Gasteiger charge is -2.06. The predicted octanol–water partition coefficient (Wildman–Crippen LogP) is 5.36. The Balaban J connectivity index is 1.35. The second kappa shape index (κ2) is 9.75. The van der Waals surface area contributed by atoms with Crippen molar-refractivity contribution in [3.05, 3.63) is 105 Å². The van der Waals surface area contributed by atoms with Gasteiger partial charge >= 0.3 is 0 Å². The summed E-state index contributed by atoms with van der Waals surface area (Å²) in [7, 11) is 0. The van der Waals surface area contributed by atoms with Crippen molar-refractivity contribution in [3.8, 4) is 5.75 Å². The normalized spacial score (nSPS) is 10.8. The van der Waals surface area contributed by atoms with Crippen LogP contribution in [0.3, 0.4) is 0 Å². The van der Waals surface area contributed by atoms with Crippen LogP contribution in [-0.2, 0) is 13.2 Å². The molecule has 2 heterocycles. The zero-order valence-corrected chi connectivity index (χ0v) is 18.6. The molecule has 1 N–H and O–H groups in total. The lowest BCUT2D eigenvalue weighted by atomic mass is 10.2. The molecule has 0 bridgehead atoms. The molecule has 0 saturated heterocycles. The number of hydrogen-bond acceptors (Lipinski definition) is 6. The van der Waals surface area contributed by atoms with Crippen LogP contribution in [0.15, 0.2) is 65.3 Å². The quantitative estimate of drug-likeness (QED) is 0.266. The summed E-state index contributed by atoms with van der Waals surface area (Å²) in [5.41, 5.74) is 1.17. The van der Waals surface area contributed by atoms with E-state index < -0.39 is 16.6 Å². The SMILES string of the molecule is Cc1cc(OCc2ccc(C(=O)Nc3cnn(Cc4c(F)cccc4Cl)c3)o2)ccc1[N+](=O)[O-]. The molecule has 0 unspecified atom stereocenters. The Morgan fingerprint density at radius 2 is 2.12 bits per heavy atom. The molecule has 0 aliphatic rings. The van der Waals surface area contributed by atoms with Gasteiger partial charge in [0.25, 0.3) is 11.6 Å². The molecule has 4 aromatic rings. The van der Waals surface area contributed by atoms with Gasteiger partial charge in [0.1, 0.15) is 23.9 Å².